The lowest BCUT2D eigenvalue weighted by molar-refractivity contribution is 0.499. The highest BCUT2D eigenvalue weighted by atomic mass is 16.3. The third-order valence-electron chi connectivity index (χ3n) is 4.07. The molecule has 1 unspecified atom stereocenters. The maximum absolute atomic E-state index is 5.67. The summed E-state index contributed by atoms with van der Waals surface area (Å²) in [6, 6.07) is 14.1. The number of hydrogen-bond acceptors (Lipinski definition) is 3. The number of aromatic amines is 1. The fourth-order valence-electron chi connectivity index (χ4n) is 2.94. The molecule has 3 heterocycles. The van der Waals surface area contributed by atoms with Crippen LogP contribution in [0.4, 0.5) is 5.69 Å². The summed E-state index contributed by atoms with van der Waals surface area (Å²) in [5.41, 5.74) is 4.50. The van der Waals surface area contributed by atoms with Crippen LogP contribution in [0.25, 0.3) is 10.9 Å². The summed E-state index contributed by atoms with van der Waals surface area (Å²) < 4.78 is 5.67. The van der Waals surface area contributed by atoms with Crippen molar-refractivity contribution in [3.63, 3.8) is 0 Å². The van der Waals surface area contributed by atoms with Crippen LogP contribution in [-0.4, -0.2) is 9.97 Å². The highest BCUT2D eigenvalue weighted by molar-refractivity contribution is 5.87. The summed E-state index contributed by atoms with van der Waals surface area (Å²) in [5, 5.41) is 4.72. The van der Waals surface area contributed by atoms with E-state index in [4.69, 9.17) is 4.42 Å². The van der Waals surface area contributed by atoms with Gasteiger partial charge in [0.05, 0.1) is 12.0 Å². The van der Waals surface area contributed by atoms with Crippen molar-refractivity contribution in [2.24, 2.45) is 0 Å². The molecular weight excluding hydrogens is 286 g/mol. The number of aryl methyl sites for hydroxylation is 1. The van der Waals surface area contributed by atoms with Crippen LogP contribution in [0.5, 0.6) is 0 Å². The van der Waals surface area contributed by atoms with Crippen LogP contribution in [0.1, 0.15) is 22.9 Å². The molecule has 4 nitrogen and oxygen atoms in total. The average molecular weight is 303 g/mol. The number of pyridine rings is 1. The number of fused-ring (bicyclic) bond motifs is 1. The van der Waals surface area contributed by atoms with Gasteiger partial charge in [-0.25, -0.2) is 0 Å². The second kappa shape index (κ2) is 5.65. The normalized spacial score (nSPS) is 12.4. The number of nitrogens with one attached hydrogen (secondary N) is 2. The van der Waals surface area contributed by atoms with Gasteiger partial charge in [-0.05, 0) is 36.8 Å². The van der Waals surface area contributed by atoms with Gasteiger partial charge < -0.3 is 14.7 Å². The number of anilines is 1. The van der Waals surface area contributed by atoms with E-state index in [9.17, 15) is 0 Å². The van der Waals surface area contributed by atoms with Gasteiger partial charge in [0.25, 0.3) is 0 Å². The molecular formula is C19H17N3O. The lowest BCUT2D eigenvalue weighted by Crippen LogP contribution is -2.11. The maximum atomic E-state index is 5.67. The molecule has 1 aromatic carbocycles. The predicted octanol–water partition coefficient (Wildman–Crippen LogP) is 4.67. The first-order chi connectivity index (χ1) is 11.3. The molecule has 23 heavy (non-hydrogen) atoms. The van der Waals surface area contributed by atoms with Crippen LogP contribution in [0.2, 0.25) is 0 Å². The Balaban J connectivity index is 1.83. The van der Waals surface area contributed by atoms with E-state index in [-0.39, 0.29) is 6.04 Å². The minimum atomic E-state index is -0.0789. The fourth-order valence-corrected chi connectivity index (χ4v) is 2.94. The summed E-state index contributed by atoms with van der Waals surface area (Å²) in [5.74, 6) is 0.872. The number of benzene rings is 1. The minimum absolute atomic E-state index is 0.0789. The molecule has 0 fully saturated rings. The van der Waals surface area contributed by atoms with E-state index in [1.165, 1.54) is 10.9 Å². The summed E-state index contributed by atoms with van der Waals surface area (Å²) in [6.45, 7) is 2.11. The van der Waals surface area contributed by atoms with Crippen molar-refractivity contribution < 1.29 is 4.42 Å². The molecule has 1 atom stereocenters. The smallest absolute Gasteiger partial charge is 0.130 e. The van der Waals surface area contributed by atoms with Crippen LogP contribution in [-0.2, 0) is 0 Å². The molecule has 0 spiro atoms. The molecule has 0 saturated carbocycles. The Hall–Kier alpha value is -3.01. The van der Waals surface area contributed by atoms with Crippen molar-refractivity contribution in [3.05, 3.63) is 84.2 Å². The van der Waals surface area contributed by atoms with E-state index in [1.54, 1.807) is 12.5 Å². The molecule has 4 heteroatoms. The van der Waals surface area contributed by atoms with Gasteiger partial charge in [0.15, 0.2) is 0 Å². The highest BCUT2D eigenvalue weighted by Gasteiger charge is 2.20. The Bertz CT molecular complexity index is 910. The van der Waals surface area contributed by atoms with Crippen LogP contribution in [0.3, 0.4) is 0 Å². The Morgan fingerprint density at radius 1 is 1.13 bits per heavy atom. The van der Waals surface area contributed by atoms with E-state index < -0.39 is 0 Å². The highest BCUT2D eigenvalue weighted by Crippen LogP contribution is 2.33. The van der Waals surface area contributed by atoms with Crippen LogP contribution >= 0.6 is 0 Å². The molecule has 0 aliphatic carbocycles. The lowest BCUT2D eigenvalue weighted by Gasteiger charge is -2.17. The minimum Gasteiger partial charge on any atom is -0.467 e. The number of hydrogen-bond donors (Lipinski definition) is 2. The number of para-hydroxylation sites is 1. The first-order valence-electron chi connectivity index (χ1n) is 7.59. The van der Waals surface area contributed by atoms with Gasteiger partial charge in [-0.15, -0.1) is 0 Å². The standard InChI is InChI=1S/C19H17N3O/c1-13-5-2-7-15-16(12-21-18(13)15)19(17-8-4-10-23-17)22-14-6-3-9-20-11-14/h2-12,19,21-22H,1H3. The Labute approximate surface area is 134 Å². The largest absolute Gasteiger partial charge is 0.467 e. The molecule has 3 aromatic heterocycles. The summed E-state index contributed by atoms with van der Waals surface area (Å²) in [7, 11) is 0. The van der Waals surface area contributed by atoms with Gasteiger partial charge in [-0.1, -0.05) is 18.2 Å². The average Bonchev–Trinajstić information content (AvgIpc) is 3.24. The second-order valence-electron chi connectivity index (χ2n) is 5.58. The van der Waals surface area contributed by atoms with Gasteiger partial charge in [-0.2, -0.15) is 0 Å². The van der Waals surface area contributed by atoms with Crippen LogP contribution in [0, 0.1) is 6.92 Å². The Kier molecular flexibility index (Phi) is 3.35. The first kappa shape index (κ1) is 13.6. The third-order valence-corrected chi connectivity index (χ3v) is 4.07. The quantitative estimate of drug-likeness (QED) is 0.576. The molecule has 0 aliphatic rings. The monoisotopic (exact) mass is 303 g/mol. The van der Waals surface area contributed by atoms with Crippen LogP contribution in [0.15, 0.2) is 71.7 Å². The van der Waals surface area contributed by atoms with E-state index in [1.807, 2.05) is 36.7 Å². The summed E-state index contributed by atoms with van der Waals surface area (Å²) >= 11 is 0. The van der Waals surface area contributed by atoms with Crippen molar-refractivity contribution >= 4 is 16.6 Å². The van der Waals surface area contributed by atoms with E-state index in [2.05, 4.69) is 40.4 Å². The van der Waals surface area contributed by atoms with Gasteiger partial charge in [0.1, 0.15) is 11.8 Å². The zero-order valence-corrected chi connectivity index (χ0v) is 12.8. The van der Waals surface area contributed by atoms with E-state index in [0.29, 0.717) is 0 Å². The zero-order valence-electron chi connectivity index (χ0n) is 12.8. The Morgan fingerprint density at radius 2 is 2.09 bits per heavy atom. The zero-order chi connectivity index (χ0) is 15.6. The topological polar surface area (TPSA) is 53.9 Å². The lowest BCUT2D eigenvalue weighted by atomic mass is 10.0. The third kappa shape index (κ3) is 2.48. The summed E-state index contributed by atoms with van der Waals surface area (Å²) in [6.07, 6.45) is 7.33. The second-order valence-corrected chi connectivity index (χ2v) is 5.58. The molecule has 0 saturated heterocycles. The fraction of sp³-hybridized carbons (Fsp3) is 0.105. The van der Waals surface area contributed by atoms with E-state index in [0.717, 1.165) is 22.5 Å². The number of furan rings is 1. The van der Waals surface area contributed by atoms with Crippen molar-refractivity contribution in [2.45, 2.75) is 13.0 Å². The molecule has 4 aromatic rings. The van der Waals surface area contributed by atoms with Crippen molar-refractivity contribution in [1.82, 2.24) is 9.97 Å². The molecule has 0 radical (unpaired) electrons. The van der Waals surface area contributed by atoms with Gasteiger partial charge in [0.2, 0.25) is 0 Å². The van der Waals surface area contributed by atoms with Crippen LogP contribution < -0.4 is 5.32 Å². The van der Waals surface area contributed by atoms with Gasteiger partial charge in [-0.3, -0.25) is 4.98 Å². The number of aromatic nitrogens is 2. The van der Waals surface area contributed by atoms with Gasteiger partial charge >= 0.3 is 0 Å². The molecule has 0 aliphatic heterocycles. The van der Waals surface area contributed by atoms with E-state index >= 15 is 0 Å². The Morgan fingerprint density at radius 3 is 2.87 bits per heavy atom. The summed E-state index contributed by atoms with van der Waals surface area (Å²) in [4.78, 5) is 7.56. The SMILES string of the molecule is Cc1cccc2c(C(Nc3cccnc3)c3ccco3)c[nH]c12. The number of nitrogens with zero attached hydrogens (tertiary/aromatic N) is 1. The predicted molar refractivity (Wildman–Crippen MR) is 91.4 cm³/mol. The van der Waals surface area contributed by atoms with Gasteiger partial charge in [0, 0.05) is 35.1 Å². The molecule has 0 amide bonds. The molecule has 4 rings (SSSR count). The van der Waals surface area contributed by atoms with Crippen molar-refractivity contribution in [3.8, 4) is 0 Å². The maximum Gasteiger partial charge on any atom is 0.130 e. The first-order valence-corrected chi connectivity index (χ1v) is 7.59. The molecule has 2 N–H and O–H groups in total. The van der Waals surface area contributed by atoms with Crippen molar-refractivity contribution in [1.29, 1.82) is 0 Å². The van der Waals surface area contributed by atoms with Crippen molar-refractivity contribution in [2.75, 3.05) is 5.32 Å². The number of rotatable bonds is 4. The molecule has 0 bridgehead atoms. The molecule has 114 valence electrons. The number of H-pyrrole nitrogens is 1.